The minimum atomic E-state index is -3.95. The van der Waals surface area contributed by atoms with Crippen molar-refractivity contribution in [3.63, 3.8) is 0 Å². The van der Waals surface area contributed by atoms with Crippen molar-refractivity contribution in [1.29, 1.82) is 0 Å². The molecule has 0 radical (unpaired) electrons. The van der Waals surface area contributed by atoms with Crippen LogP contribution in [-0.2, 0) is 75.0 Å². The Hall–Kier alpha value is -3.78. The van der Waals surface area contributed by atoms with Gasteiger partial charge in [-0.3, -0.25) is 24.0 Å². The van der Waals surface area contributed by atoms with Crippen molar-refractivity contribution in [2.45, 2.75) is 225 Å². The molecule has 0 aromatic rings. The summed E-state index contributed by atoms with van der Waals surface area (Å²) in [6.07, 6.45) is 7.74. The average molecular weight is 1910 g/mol. The maximum atomic E-state index is 13.1. The molecule has 50 nitrogen and oxygen atoms in total. The van der Waals surface area contributed by atoms with E-state index in [0.29, 0.717) is 64.2 Å². The van der Waals surface area contributed by atoms with Crippen molar-refractivity contribution in [3.05, 3.63) is 0 Å². The zero-order valence-electron chi connectivity index (χ0n) is 73.3. The molecule has 8 aliphatic rings. The Morgan fingerprint density at radius 1 is 0.405 bits per heavy atom. The second-order valence-electron chi connectivity index (χ2n) is 35.8. The predicted octanol–water partition coefficient (Wildman–Crippen LogP) is -11.0. The van der Waals surface area contributed by atoms with Gasteiger partial charge in [0.1, 0.15) is 27.7 Å². The first-order valence-corrected chi connectivity index (χ1v) is 48.9. The second kappa shape index (κ2) is 45.5. The van der Waals surface area contributed by atoms with E-state index in [0.717, 1.165) is 43.0 Å². The van der Waals surface area contributed by atoms with Crippen molar-refractivity contribution in [3.8, 4) is 0 Å². The van der Waals surface area contributed by atoms with Gasteiger partial charge in [-0.1, -0.05) is 46.0 Å². The normalized spacial score (nSPS) is 27.7. The molecule has 11 atom stereocenters. The Bertz CT molecular complexity index is 4120. The molecule has 5 aliphatic heterocycles. The van der Waals surface area contributed by atoms with Gasteiger partial charge in [0, 0.05) is 190 Å². The summed E-state index contributed by atoms with van der Waals surface area (Å²) < 4.78 is 140. The topological polar surface area (TPSA) is 852 Å². The molecule has 0 amide bonds. The van der Waals surface area contributed by atoms with Crippen LogP contribution in [0.4, 0.5) is 0 Å². The lowest BCUT2D eigenvalue weighted by molar-refractivity contribution is -0.145. The number of aliphatic carboxylic acids is 5. The van der Waals surface area contributed by atoms with E-state index in [-0.39, 0.29) is 175 Å². The molecule has 60 heteroatoms. The van der Waals surface area contributed by atoms with Crippen LogP contribution in [-0.4, -0.2) is 415 Å². The molecule has 3 saturated carbocycles. The van der Waals surface area contributed by atoms with Gasteiger partial charge in [-0.25, -0.2) is 0 Å². The number of carboxylic acid groups (broad SMARTS) is 5. The minimum Gasteiger partial charge on any atom is -0.480 e. The molecular weight excluding hydrogens is 1770 g/mol. The summed E-state index contributed by atoms with van der Waals surface area (Å²) in [5.74, 6) is -9.41. The highest BCUT2D eigenvalue weighted by Crippen LogP contribution is 2.47. The third kappa shape index (κ3) is 28.2. The number of hydrogen-bond donors (Lipinski definition) is 25. The SMILES string of the molecule is CC(N)CN(C)S(=O)(=O)N1C[C@H](CCCB(O)O)[C@](N)(C(=O)O)C1.CCN(C(C)(C)CN)S(=O)(=O)N1C[C@H](CCCB(O)O)[C@](N)(C(=O)O)C1.CCN(C1(CN)CC1)S(=O)(=O)N1C[C@H](CCCB(O)O)[C@](N)(C(=O)O)C1.CN(C1(CN)CC1)S(=O)(=O)N1C[C@H](CCCB(O)O)[C@](N)(C(=O)O)C1.CN(CC1(N)CC1)S(=O)(=O)N1C[C@H](CCCB(O)O)[C@](N)(C(=O)O)C1. The van der Waals surface area contributed by atoms with Crippen molar-refractivity contribution in [2.75, 3.05) is 132 Å². The van der Waals surface area contributed by atoms with Crippen molar-refractivity contribution < 1.29 is 142 Å². The number of rotatable bonds is 47. The molecule has 126 heavy (non-hydrogen) atoms. The third-order valence-electron chi connectivity index (χ3n) is 25.7. The quantitative estimate of drug-likeness (QED) is 0.0252. The molecule has 0 spiro atoms. The molecule has 3 aliphatic carbocycles. The van der Waals surface area contributed by atoms with E-state index in [1.807, 2.05) is 0 Å². The van der Waals surface area contributed by atoms with Gasteiger partial charge in [0.15, 0.2) is 0 Å². The number of nitrogens with zero attached hydrogens (tertiary/aromatic N) is 10. The molecule has 5 saturated heterocycles. The second-order valence-corrected chi connectivity index (χ2v) is 45.6. The van der Waals surface area contributed by atoms with Crippen LogP contribution in [0.25, 0.3) is 0 Å². The summed E-state index contributed by atoms with van der Waals surface area (Å²) >= 11 is 0. The Morgan fingerprint density at radius 2 is 0.659 bits per heavy atom. The van der Waals surface area contributed by atoms with E-state index < -0.39 is 196 Å². The van der Waals surface area contributed by atoms with Gasteiger partial charge >= 0.3 is 65.4 Å². The largest absolute Gasteiger partial charge is 0.480 e. The van der Waals surface area contributed by atoms with Crippen LogP contribution in [0.3, 0.4) is 0 Å². The lowest BCUT2D eigenvalue weighted by Crippen LogP contribution is -2.58. The zero-order chi connectivity index (χ0) is 96.9. The summed E-state index contributed by atoms with van der Waals surface area (Å²) in [5, 5.41) is 137. The number of carbonyl (C=O) groups is 5. The van der Waals surface area contributed by atoms with Crippen LogP contribution in [0.5, 0.6) is 0 Å². The maximum absolute atomic E-state index is 13.1. The fourth-order valence-electron chi connectivity index (χ4n) is 16.7. The van der Waals surface area contributed by atoms with Crippen LogP contribution in [0, 0.1) is 29.6 Å². The molecule has 35 N–H and O–H groups in total. The standard InChI is InChI=1S/C14H29BN4O6S.C14H31BN4O6S.2C13H27BN4O6S.C12H27BN4O6S/c1-2-19(13(9-16)5-6-13)26(24,25)18-8-11(4-3-7-15(22)23)14(17,10-18)12(20)21;1-4-19(13(2,3)9-16)26(24,25)18-8-11(6-5-7-15(22)23)14(17,10-18)12(20)21;1-17(8-12(15)4-5-12)25(23,24)18-7-10(3-2-6-14(21)22)13(16,9-18)11(19)20;1-17(12(8-15)4-5-12)25(23,24)18-7-10(3-2-6-14(21)22)13(16,9-18)11(19)20;1-9(14)6-16(2)24(22,23)17-7-10(4-3-5-13(20)21)12(15,8-17)11(18)19/h11,22-23H,2-10,16-17H2,1H3,(H,20,21);11,22-23H,4-10,16-17H2,1-3H3,(H,20,21);2*10,21-22H,2-9,15-16H2,1H3,(H,19,20);9-10,20-21H,3-8,14-15H2,1-2H3,(H,18,19)/t2*11-,14-;2*10-,13-;9?,10-,12-/m00000/s1. The molecule has 8 fully saturated rings. The highest BCUT2D eigenvalue weighted by molar-refractivity contribution is 7.88. The summed E-state index contributed by atoms with van der Waals surface area (Å²) in [6.45, 7) is 8.03. The predicted molar refractivity (Wildman–Crippen MR) is 467 cm³/mol. The summed E-state index contributed by atoms with van der Waals surface area (Å²) in [7, 11) is -22.6. The number of likely N-dealkylation sites (N-methyl/N-ethyl adjacent to an activating group) is 5. The molecule has 8 rings (SSSR count). The Kier molecular flexibility index (Phi) is 41.4. The van der Waals surface area contributed by atoms with E-state index in [1.165, 1.54) is 34.1 Å². The maximum Gasteiger partial charge on any atom is 0.451 e. The first kappa shape index (κ1) is 115. The minimum absolute atomic E-state index is 0.0101. The Morgan fingerprint density at radius 3 is 0.873 bits per heavy atom. The van der Waals surface area contributed by atoms with Crippen LogP contribution < -0.4 is 57.3 Å². The Balaban J connectivity index is 0.000000330. The molecule has 5 heterocycles. The fourth-order valence-corrected chi connectivity index (χ4v) is 25.8. The van der Waals surface area contributed by atoms with Crippen LogP contribution >= 0.6 is 0 Å². The lowest BCUT2D eigenvalue weighted by atomic mass is 9.78. The Labute approximate surface area is 741 Å². The van der Waals surface area contributed by atoms with E-state index >= 15 is 0 Å². The first-order chi connectivity index (χ1) is 57.7. The number of carboxylic acids is 5. The van der Waals surface area contributed by atoms with Gasteiger partial charge in [0.2, 0.25) is 0 Å². The number of nitrogens with two attached hydrogens (primary N) is 10. The van der Waals surface area contributed by atoms with E-state index in [9.17, 15) is 91.6 Å². The summed E-state index contributed by atoms with van der Waals surface area (Å²) in [6, 6.07) is -0.365. The fraction of sp³-hybridized carbons (Fsp3) is 0.924. The van der Waals surface area contributed by atoms with Gasteiger partial charge < -0.3 is 133 Å². The van der Waals surface area contributed by atoms with Crippen molar-refractivity contribution >= 4 is 116 Å². The average Bonchev–Trinajstić information content (AvgIpc) is 1.58. The van der Waals surface area contributed by atoms with Gasteiger partial charge in [-0.05, 0) is 123 Å². The van der Waals surface area contributed by atoms with E-state index in [2.05, 4.69) is 0 Å². The lowest BCUT2D eigenvalue weighted by Gasteiger charge is -2.38. The highest BCUT2D eigenvalue weighted by Gasteiger charge is 2.62. The van der Waals surface area contributed by atoms with E-state index in [4.69, 9.17) is 108 Å². The highest BCUT2D eigenvalue weighted by atomic mass is 32.2. The summed E-state index contributed by atoms with van der Waals surface area (Å²) in [5.41, 5.74) is 47.9. The monoisotopic (exact) mass is 1910 g/mol. The molecule has 0 aromatic heterocycles. The van der Waals surface area contributed by atoms with Crippen LogP contribution in [0.15, 0.2) is 0 Å². The van der Waals surface area contributed by atoms with Gasteiger partial charge in [0.05, 0.1) is 0 Å². The van der Waals surface area contributed by atoms with Crippen molar-refractivity contribution in [1.82, 2.24) is 43.1 Å². The zero-order valence-corrected chi connectivity index (χ0v) is 77.4. The van der Waals surface area contributed by atoms with Gasteiger partial charge in [-0.15, -0.1) is 0 Å². The molecule has 1 unspecified atom stereocenters. The third-order valence-corrected chi connectivity index (χ3v) is 35.8. The van der Waals surface area contributed by atoms with Gasteiger partial charge in [-0.2, -0.15) is 85.1 Å². The van der Waals surface area contributed by atoms with Crippen molar-refractivity contribution in [2.24, 2.45) is 86.9 Å². The van der Waals surface area contributed by atoms with Crippen LogP contribution in [0.2, 0.25) is 31.6 Å². The van der Waals surface area contributed by atoms with E-state index in [1.54, 1.807) is 34.6 Å². The molecule has 0 bridgehead atoms. The summed E-state index contributed by atoms with van der Waals surface area (Å²) in [4.78, 5) is 58.3. The number of hydrogen-bond acceptors (Lipinski definition) is 35. The first-order valence-electron chi connectivity index (χ1n) is 42.0. The molecule has 0 aromatic carbocycles. The van der Waals surface area contributed by atoms with Crippen LogP contribution in [0.1, 0.15) is 137 Å². The van der Waals surface area contributed by atoms with Gasteiger partial charge in [0.25, 0.3) is 51.0 Å². The smallest absolute Gasteiger partial charge is 0.451 e. The molecular formula is C66H141B5N20O30S5. The molecule has 730 valence electrons.